The monoisotopic (exact) mass is 282 g/mol. The van der Waals surface area contributed by atoms with Gasteiger partial charge in [-0.3, -0.25) is 0 Å². The second kappa shape index (κ2) is 5.13. The Bertz CT molecular complexity index is 786. The van der Waals surface area contributed by atoms with Crippen LogP contribution >= 0.6 is 0 Å². The van der Waals surface area contributed by atoms with Gasteiger partial charge in [-0.15, -0.1) is 0 Å². The Balaban J connectivity index is 2.27. The predicted molar refractivity (Wildman–Crippen MR) is 83.5 cm³/mol. The van der Waals surface area contributed by atoms with Crippen molar-refractivity contribution in [1.29, 1.82) is 0 Å². The Kier molecular flexibility index (Phi) is 3.29. The molecule has 2 N–H and O–H groups in total. The Morgan fingerprint density at radius 1 is 1.05 bits per heavy atom. The molecular formula is C17H18N2O2. The lowest BCUT2D eigenvalue weighted by atomic mass is 10.2. The van der Waals surface area contributed by atoms with Crippen molar-refractivity contribution in [3.05, 3.63) is 42.0 Å². The number of hydrogen-bond acceptors (Lipinski definition) is 3. The first-order chi connectivity index (χ1) is 10.1. The second-order valence-electron chi connectivity index (χ2n) is 5.32. The van der Waals surface area contributed by atoms with Gasteiger partial charge in [0.25, 0.3) is 0 Å². The van der Waals surface area contributed by atoms with E-state index in [9.17, 15) is 10.2 Å². The molecule has 0 aliphatic carbocycles. The van der Waals surface area contributed by atoms with Crippen LogP contribution in [0, 0.1) is 6.92 Å². The summed E-state index contributed by atoms with van der Waals surface area (Å²) in [6.07, 6.45) is 0.983. The van der Waals surface area contributed by atoms with E-state index in [0.717, 1.165) is 41.0 Å². The van der Waals surface area contributed by atoms with Gasteiger partial charge in [0.15, 0.2) is 0 Å². The van der Waals surface area contributed by atoms with Gasteiger partial charge in [0.05, 0.1) is 11.0 Å². The molecule has 1 aromatic heterocycles. The summed E-state index contributed by atoms with van der Waals surface area (Å²) in [5, 5.41) is 19.4. The zero-order chi connectivity index (χ0) is 15.0. The molecule has 0 fully saturated rings. The van der Waals surface area contributed by atoms with E-state index in [1.165, 1.54) is 6.07 Å². The molecule has 4 nitrogen and oxygen atoms in total. The minimum Gasteiger partial charge on any atom is -0.508 e. The Morgan fingerprint density at radius 2 is 1.76 bits per heavy atom. The van der Waals surface area contributed by atoms with Crippen molar-refractivity contribution < 1.29 is 10.2 Å². The minimum atomic E-state index is 0.0382. The number of aryl methyl sites for hydroxylation is 2. The molecule has 0 bridgehead atoms. The number of benzene rings is 2. The lowest BCUT2D eigenvalue weighted by Crippen LogP contribution is -1.99. The third kappa shape index (κ3) is 2.44. The molecule has 0 aliphatic rings. The van der Waals surface area contributed by atoms with E-state index in [-0.39, 0.29) is 11.5 Å². The first-order valence-corrected chi connectivity index (χ1v) is 7.09. The Hall–Kier alpha value is -2.49. The highest BCUT2D eigenvalue weighted by atomic mass is 16.3. The molecule has 1 heterocycles. The number of fused-ring (bicyclic) bond motifs is 1. The van der Waals surface area contributed by atoms with E-state index in [2.05, 4.69) is 28.6 Å². The summed E-state index contributed by atoms with van der Waals surface area (Å²) in [5.41, 5.74) is 3.88. The van der Waals surface area contributed by atoms with E-state index in [0.29, 0.717) is 0 Å². The number of phenolic OH excluding ortho intramolecular Hbond substituents is 2. The molecule has 0 radical (unpaired) electrons. The molecule has 108 valence electrons. The molecule has 0 aliphatic heterocycles. The summed E-state index contributed by atoms with van der Waals surface area (Å²) in [7, 11) is 0. The van der Waals surface area contributed by atoms with Crippen molar-refractivity contribution in [2.45, 2.75) is 26.8 Å². The third-order valence-electron chi connectivity index (χ3n) is 3.51. The molecule has 3 rings (SSSR count). The largest absolute Gasteiger partial charge is 0.508 e. The minimum absolute atomic E-state index is 0.0382. The van der Waals surface area contributed by atoms with Crippen LogP contribution in [0.3, 0.4) is 0 Å². The number of aromatic nitrogens is 2. The molecule has 4 heteroatoms. The summed E-state index contributed by atoms with van der Waals surface area (Å²) in [6, 6.07) is 10.8. The topological polar surface area (TPSA) is 58.3 Å². The summed E-state index contributed by atoms with van der Waals surface area (Å²) >= 11 is 0. The van der Waals surface area contributed by atoms with E-state index in [1.54, 1.807) is 12.1 Å². The first-order valence-electron chi connectivity index (χ1n) is 7.09. The van der Waals surface area contributed by atoms with Gasteiger partial charge in [0.2, 0.25) is 0 Å². The van der Waals surface area contributed by atoms with Gasteiger partial charge >= 0.3 is 0 Å². The van der Waals surface area contributed by atoms with Crippen LogP contribution in [0.15, 0.2) is 36.4 Å². The van der Waals surface area contributed by atoms with Gasteiger partial charge in [-0.2, -0.15) is 0 Å². The summed E-state index contributed by atoms with van der Waals surface area (Å²) in [5.74, 6) is 0.844. The van der Waals surface area contributed by atoms with Crippen LogP contribution in [-0.2, 0) is 6.54 Å². The van der Waals surface area contributed by atoms with Crippen LogP contribution in [0.4, 0.5) is 0 Å². The molecule has 2 aromatic carbocycles. The van der Waals surface area contributed by atoms with E-state index in [1.807, 2.05) is 13.0 Å². The van der Waals surface area contributed by atoms with E-state index < -0.39 is 0 Å². The number of aromatic hydroxyl groups is 2. The standard InChI is InChI=1S/C17H18N2O2/c1-3-6-19-16-5-4-11(2)7-15(16)18-17(19)12-8-13(20)10-14(21)9-12/h4-5,7-10,20-21H,3,6H2,1-2H3. The van der Waals surface area contributed by atoms with Gasteiger partial charge in [0.1, 0.15) is 17.3 Å². The van der Waals surface area contributed by atoms with Gasteiger partial charge in [-0.25, -0.2) is 4.98 Å². The van der Waals surface area contributed by atoms with Crippen molar-refractivity contribution in [3.8, 4) is 22.9 Å². The lowest BCUT2D eigenvalue weighted by molar-refractivity contribution is 0.451. The van der Waals surface area contributed by atoms with E-state index in [4.69, 9.17) is 0 Å². The van der Waals surface area contributed by atoms with Crippen molar-refractivity contribution in [3.63, 3.8) is 0 Å². The van der Waals surface area contributed by atoms with Crippen molar-refractivity contribution in [1.82, 2.24) is 9.55 Å². The smallest absolute Gasteiger partial charge is 0.141 e. The molecule has 0 amide bonds. The summed E-state index contributed by atoms with van der Waals surface area (Å²) in [6.45, 7) is 4.99. The highest BCUT2D eigenvalue weighted by Gasteiger charge is 2.13. The van der Waals surface area contributed by atoms with Gasteiger partial charge < -0.3 is 14.8 Å². The highest BCUT2D eigenvalue weighted by molar-refractivity contribution is 5.81. The normalized spacial score (nSPS) is 11.1. The molecule has 0 saturated heterocycles. The zero-order valence-corrected chi connectivity index (χ0v) is 12.2. The van der Waals surface area contributed by atoms with Gasteiger partial charge in [0, 0.05) is 18.2 Å². The average molecular weight is 282 g/mol. The fraction of sp³-hybridized carbons (Fsp3) is 0.235. The van der Waals surface area contributed by atoms with Crippen LogP contribution in [0.1, 0.15) is 18.9 Å². The molecule has 0 atom stereocenters. The highest BCUT2D eigenvalue weighted by Crippen LogP contribution is 2.31. The number of phenols is 2. The number of hydrogen-bond donors (Lipinski definition) is 2. The molecule has 0 spiro atoms. The van der Waals surface area contributed by atoms with Crippen LogP contribution in [0.5, 0.6) is 11.5 Å². The maximum Gasteiger partial charge on any atom is 0.141 e. The fourth-order valence-corrected chi connectivity index (χ4v) is 2.63. The van der Waals surface area contributed by atoms with Gasteiger partial charge in [-0.1, -0.05) is 13.0 Å². The maximum atomic E-state index is 9.70. The number of rotatable bonds is 3. The van der Waals surface area contributed by atoms with E-state index >= 15 is 0 Å². The third-order valence-corrected chi connectivity index (χ3v) is 3.51. The molecule has 21 heavy (non-hydrogen) atoms. The van der Waals surface area contributed by atoms with Crippen LogP contribution in [-0.4, -0.2) is 19.8 Å². The van der Waals surface area contributed by atoms with Crippen LogP contribution < -0.4 is 0 Å². The maximum absolute atomic E-state index is 9.70. The lowest BCUT2D eigenvalue weighted by Gasteiger charge is -2.08. The molecular weight excluding hydrogens is 264 g/mol. The van der Waals surface area contributed by atoms with Crippen molar-refractivity contribution in [2.24, 2.45) is 0 Å². The number of nitrogens with zero attached hydrogens (tertiary/aromatic N) is 2. The predicted octanol–water partition coefficient (Wildman–Crippen LogP) is 3.83. The zero-order valence-electron chi connectivity index (χ0n) is 12.2. The van der Waals surface area contributed by atoms with Crippen molar-refractivity contribution in [2.75, 3.05) is 0 Å². The van der Waals surface area contributed by atoms with Crippen LogP contribution in [0.25, 0.3) is 22.4 Å². The SMILES string of the molecule is CCCn1c(-c2cc(O)cc(O)c2)nc2cc(C)ccc21. The Morgan fingerprint density at radius 3 is 2.43 bits per heavy atom. The average Bonchev–Trinajstić information content (AvgIpc) is 2.76. The number of imidazole rings is 1. The fourth-order valence-electron chi connectivity index (χ4n) is 2.63. The van der Waals surface area contributed by atoms with Gasteiger partial charge in [-0.05, 0) is 43.2 Å². The first kappa shape index (κ1) is 13.5. The quantitative estimate of drug-likeness (QED) is 0.767. The van der Waals surface area contributed by atoms with Crippen molar-refractivity contribution >= 4 is 11.0 Å². The van der Waals surface area contributed by atoms with Crippen LogP contribution in [0.2, 0.25) is 0 Å². The molecule has 3 aromatic rings. The molecule has 0 saturated carbocycles. The second-order valence-corrected chi connectivity index (χ2v) is 5.32. The summed E-state index contributed by atoms with van der Waals surface area (Å²) in [4.78, 5) is 4.69. The Labute approximate surface area is 123 Å². The molecule has 0 unspecified atom stereocenters. The summed E-state index contributed by atoms with van der Waals surface area (Å²) < 4.78 is 2.13.